The van der Waals surface area contributed by atoms with Gasteiger partial charge in [0.2, 0.25) is 0 Å². The van der Waals surface area contributed by atoms with Gasteiger partial charge in [0.25, 0.3) is 0 Å². The van der Waals surface area contributed by atoms with Gasteiger partial charge >= 0.3 is 0 Å². The first-order chi connectivity index (χ1) is 9.66. The van der Waals surface area contributed by atoms with Gasteiger partial charge in [-0.15, -0.1) is 10.2 Å². The lowest BCUT2D eigenvalue weighted by atomic mass is 10.1. The predicted octanol–water partition coefficient (Wildman–Crippen LogP) is 1.81. The van der Waals surface area contributed by atoms with Crippen LogP contribution in [-0.2, 0) is 0 Å². The van der Waals surface area contributed by atoms with Gasteiger partial charge in [-0.3, -0.25) is 4.68 Å². The molecule has 1 saturated heterocycles. The topological polar surface area (TPSA) is 81.7 Å². The Balaban J connectivity index is 1.99. The van der Waals surface area contributed by atoms with Crippen LogP contribution in [0.3, 0.4) is 0 Å². The van der Waals surface area contributed by atoms with E-state index in [2.05, 4.69) is 32.2 Å². The molecule has 6 nitrogen and oxygen atoms in total. The number of anilines is 1. The minimum absolute atomic E-state index is 0.336. The van der Waals surface area contributed by atoms with Crippen LogP contribution in [0.15, 0.2) is 12.3 Å². The molecule has 1 aliphatic rings. The van der Waals surface area contributed by atoms with Crippen LogP contribution in [0.2, 0.25) is 5.15 Å². The zero-order valence-corrected chi connectivity index (χ0v) is 12.1. The van der Waals surface area contributed by atoms with E-state index in [-0.39, 0.29) is 0 Å². The Kier molecular flexibility index (Phi) is 3.58. The number of hydrogen-bond acceptors (Lipinski definition) is 5. The van der Waals surface area contributed by atoms with Gasteiger partial charge in [0.05, 0.1) is 12.2 Å². The van der Waals surface area contributed by atoms with Gasteiger partial charge in [-0.2, -0.15) is 5.10 Å². The highest BCUT2D eigenvalue weighted by atomic mass is 35.5. The fourth-order valence-electron chi connectivity index (χ4n) is 2.70. The van der Waals surface area contributed by atoms with Crippen molar-refractivity contribution in [3.63, 3.8) is 0 Å². The lowest BCUT2D eigenvalue weighted by Crippen LogP contribution is -2.30. The van der Waals surface area contributed by atoms with Crippen LogP contribution < -0.4 is 11.1 Å². The number of nitrogens with one attached hydrogen (secondary N) is 1. The summed E-state index contributed by atoms with van der Waals surface area (Å²) in [5, 5.41) is 15.8. The summed E-state index contributed by atoms with van der Waals surface area (Å²) >= 11 is 5.91. The zero-order chi connectivity index (χ0) is 14.1. The van der Waals surface area contributed by atoms with Crippen LogP contribution in [0.5, 0.6) is 0 Å². The third-order valence-electron chi connectivity index (χ3n) is 3.78. The van der Waals surface area contributed by atoms with Crippen LogP contribution >= 0.6 is 11.6 Å². The van der Waals surface area contributed by atoms with Crippen molar-refractivity contribution in [3.8, 4) is 11.1 Å². The van der Waals surface area contributed by atoms with Gasteiger partial charge in [-0.25, -0.2) is 0 Å². The van der Waals surface area contributed by atoms with E-state index < -0.39 is 0 Å². The van der Waals surface area contributed by atoms with Crippen LogP contribution in [0.1, 0.15) is 24.6 Å². The average Bonchev–Trinajstić information content (AvgIpc) is 2.84. The highest BCUT2D eigenvalue weighted by Crippen LogP contribution is 2.31. The fraction of sp³-hybridized carbons (Fsp3) is 0.462. The summed E-state index contributed by atoms with van der Waals surface area (Å²) in [5.41, 5.74) is 8.75. The van der Waals surface area contributed by atoms with Crippen molar-refractivity contribution in [2.45, 2.75) is 25.8 Å². The second-order valence-corrected chi connectivity index (χ2v) is 5.42. The van der Waals surface area contributed by atoms with E-state index in [1.165, 1.54) is 0 Å². The Labute approximate surface area is 122 Å². The van der Waals surface area contributed by atoms with Gasteiger partial charge in [0.1, 0.15) is 0 Å². The molecule has 1 aliphatic heterocycles. The Morgan fingerprint density at radius 3 is 2.80 bits per heavy atom. The third kappa shape index (κ3) is 2.36. The van der Waals surface area contributed by atoms with Crippen molar-refractivity contribution in [2.24, 2.45) is 0 Å². The Bertz CT molecular complexity index is 617. The van der Waals surface area contributed by atoms with E-state index in [9.17, 15) is 0 Å². The molecule has 0 radical (unpaired) electrons. The molecule has 7 heteroatoms. The highest BCUT2D eigenvalue weighted by molar-refractivity contribution is 6.29. The average molecular weight is 293 g/mol. The van der Waals surface area contributed by atoms with Crippen LogP contribution in [0.25, 0.3) is 11.1 Å². The van der Waals surface area contributed by atoms with Crippen molar-refractivity contribution < 1.29 is 0 Å². The predicted molar refractivity (Wildman–Crippen MR) is 78.6 cm³/mol. The molecule has 3 N–H and O–H groups in total. The molecule has 20 heavy (non-hydrogen) atoms. The van der Waals surface area contributed by atoms with Crippen molar-refractivity contribution in [1.29, 1.82) is 0 Å². The lowest BCUT2D eigenvalue weighted by Gasteiger charge is -2.24. The Morgan fingerprint density at radius 1 is 1.30 bits per heavy atom. The number of rotatable bonds is 2. The highest BCUT2D eigenvalue weighted by Gasteiger charge is 2.20. The molecule has 0 atom stereocenters. The molecule has 0 aromatic carbocycles. The molecule has 0 spiro atoms. The first-order valence-corrected chi connectivity index (χ1v) is 7.08. The van der Waals surface area contributed by atoms with Crippen molar-refractivity contribution >= 4 is 17.4 Å². The second kappa shape index (κ2) is 5.38. The molecule has 0 aliphatic carbocycles. The van der Waals surface area contributed by atoms with E-state index in [0.29, 0.717) is 17.0 Å². The number of nitrogens with zero attached hydrogens (tertiary/aromatic N) is 4. The number of aromatic nitrogens is 4. The molecular formula is C13H17ClN6. The third-order valence-corrected chi connectivity index (χ3v) is 3.97. The standard InChI is InChI=1S/C13H17ClN6/c1-8-11(10-6-12(14)18-19-13(10)15)7-17-20(8)9-2-4-16-5-3-9/h6-7,9,16H,2-5H2,1H3,(H2,15,19). The quantitative estimate of drug-likeness (QED) is 0.882. The largest absolute Gasteiger partial charge is 0.382 e. The van der Waals surface area contributed by atoms with Crippen molar-refractivity contribution in [3.05, 3.63) is 23.1 Å². The molecule has 0 saturated carbocycles. The van der Waals surface area contributed by atoms with Gasteiger partial charge < -0.3 is 11.1 Å². The number of nitrogen functional groups attached to an aromatic ring is 1. The van der Waals surface area contributed by atoms with Gasteiger partial charge in [-0.05, 0) is 38.9 Å². The van der Waals surface area contributed by atoms with E-state index in [4.69, 9.17) is 17.3 Å². The number of nitrogens with two attached hydrogens (primary N) is 1. The van der Waals surface area contributed by atoms with Gasteiger partial charge in [0.15, 0.2) is 11.0 Å². The fourth-order valence-corrected chi connectivity index (χ4v) is 2.85. The van der Waals surface area contributed by atoms with Crippen LogP contribution in [-0.4, -0.2) is 33.1 Å². The van der Waals surface area contributed by atoms with E-state index in [1.54, 1.807) is 6.07 Å². The zero-order valence-electron chi connectivity index (χ0n) is 11.3. The van der Waals surface area contributed by atoms with Gasteiger partial charge in [-0.1, -0.05) is 11.6 Å². The molecule has 3 heterocycles. The first kappa shape index (κ1) is 13.3. The Morgan fingerprint density at radius 2 is 2.05 bits per heavy atom. The molecule has 0 unspecified atom stereocenters. The smallest absolute Gasteiger partial charge is 0.154 e. The minimum atomic E-state index is 0.336. The monoisotopic (exact) mass is 292 g/mol. The number of hydrogen-bond donors (Lipinski definition) is 2. The van der Waals surface area contributed by atoms with E-state index in [0.717, 1.165) is 42.8 Å². The molecular weight excluding hydrogens is 276 g/mol. The lowest BCUT2D eigenvalue weighted by molar-refractivity contribution is 0.338. The number of halogens is 1. The molecule has 106 valence electrons. The SMILES string of the molecule is Cc1c(-c2cc(Cl)nnc2N)cnn1C1CCNCC1. The Hall–Kier alpha value is -1.66. The summed E-state index contributed by atoms with van der Waals surface area (Å²) in [6.45, 7) is 4.12. The van der Waals surface area contributed by atoms with Crippen molar-refractivity contribution in [2.75, 3.05) is 18.8 Å². The maximum Gasteiger partial charge on any atom is 0.154 e. The molecule has 2 aromatic rings. The minimum Gasteiger partial charge on any atom is -0.382 e. The van der Waals surface area contributed by atoms with E-state index >= 15 is 0 Å². The van der Waals surface area contributed by atoms with Gasteiger partial charge in [0, 0.05) is 16.8 Å². The summed E-state index contributed by atoms with van der Waals surface area (Å²) in [6, 6.07) is 2.18. The van der Waals surface area contributed by atoms with E-state index in [1.807, 2.05) is 6.20 Å². The molecule has 0 amide bonds. The van der Waals surface area contributed by atoms with Crippen LogP contribution in [0.4, 0.5) is 5.82 Å². The summed E-state index contributed by atoms with van der Waals surface area (Å²) in [4.78, 5) is 0. The van der Waals surface area contributed by atoms with Crippen LogP contribution in [0, 0.1) is 6.92 Å². The molecule has 0 bridgehead atoms. The summed E-state index contributed by atoms with van der Waals surface area (Å²) < 4.78 is 2.09. The number of piperidine rings is 1. The summed E-state index contributed by atoms with van der Waals surface area (Å²) in [5.74, 6) is 0.377. The maximum atomic E-state index is 5.91. The van der Waals surface area contributed by atoms with Crippen molar-refractivity contribution in [1.82, 2.24) is 25.3 Å². The molecule has 3 rings (SSSR count). The maximum absolute atomic E-state index is 5.91. The first-order valence-electron chi connectivity index (χ1n) is 6.70. The summed E-state index contributed by atoms with van der Waals surface area (Å²) in [6.07, 6.45) is 4.01. The molecule has 2 aromatic heterocycles. The molecule has 1 fully saturated rings. The second-order valence-electron chi connectivity index (χ2n) is 5.04. The normalized spacial score (nSPS) is 16.5. The summed E-state index contributed by atoms with van der Waals surface area (Å²) in [7, 11) is 0.